The first-order chi connectivity index (χ1) is 7.09. The Hall–Kier alpha value is -1.06. The van der Waals surface area contributed by atoms with Crippen LogP contribution in [0.1, 0.15) is 29.2 Å². The zero-order valence-corrected chi connectivity index (χ0v) is 8.79. The number of hydrogen-bond donors (Lipinski definition) is 2. The molecule has 15 heavy (non-hydrogen) atoms. The lowest BCUT2D eigenvalue weighted by Crippen LogP contribution is -2.12. The van der Waals surface area contributed by atoms with E-state index in [1.165, 1.54) is 0 Å². The van der Waals surface area contributed by atoms with E-state index in [0.29, 0.717) is 10.6 Å². The smallest absolute Gasteiger partial charge is 0.337 e. The molecule has 4 heteroatoms. The number of hydrogen-bond acceptors (Lipinski definition) is 2. The van der Waals surface area contributed by atoms with Crippen molar-refractivity contribution in [3.63, 3.8) is 0 Å². The van der Waals surface area contributed by atoms with Gasteiger partial charge in [0, 0.05) is 5.02 Å². The number of aliphatic hydroxyl groups excluding tert-OH is 1. The van der Waals surface area contributed by atoms with Crippen molar-refractivity contribution in [2.24, 2.45) is 0 Å². The van der Waals surface area contributed by atoms with Crippen molar-refractivity contribution in [1.29, 1.82) is 0 Å². The molecular formula is C11H11ClO3. The Morgan fingerprint density at radius 2 is 2.13 bits per heavy atom. The average Bonchev–Trinajstić information content (AvgIpc) is 2.62. The largest absolute Gasteiger partial charge is 0.479 e. The molecule has 2 rings (SSSR count). The number of carbonyl (C=O) groups is 1. The zero-order chi connectivity index (χ0) is 11.0. The lowest BCUT2D eigenvalue weighted by atomic mass is 9.99. The second-order valence-electron chi connectivity index (χ2n) is 3.73. The molecule has 0 fully saturated rings. The predicted molar refractivity (Wildman–Crippen MR) is 56.1 cm³/mol. The maximum Gasteiger partial charge on any atom is 0.337 e. The molecule has 3 nitrogen and oxygen atoms in total. The van der Waals surface area contributed by atoms with Crippen LogP contribution in [0.5, 0.6) is 0 Å². The monoisotopic (exact) mass is 226 g/mol. The number of halogens is 1. The SMILES string of the molecule is O=C(O)C(O)c1cc(Cl)cc2c1CCC2. The summed E-state index contributed by atoms with van der Waals surface area (Å²) in [4.78, 5) is 10.7. The van der Waals surface area contributed by atoms with Gasteiger partial charge in [-0.25, -0.2) is 4.79 Å². The molecule has 0 aromatic heterocycles. The van der Waals surface area contributed by atoms with Gasteiger partial charge in [0.05, 0.1) is 0 Å². The lowest BCUT2D eigenvalue weighted by molar-refractivity contribution is -0.147. The van der Waals surface area contributed by atoms with Crippen LogP contribution in [0.3, 0.4) is 0 Å². The van der Waals surface area contributed by atoms with Crippen LogP contribution < -0.4 is 0 Å². The molecule has 1 aliphatic rings. The number of aliphatic hydroxyl groups is 1. The van der Waals surface area contributed by atoms with Gasteiger partial charge < -0.3 is 10.2 Å². The summed E-state index contributed by atoms with van der Waals surface area (Å²) >= 11 is 5.87. The zero-order valence-electron chi connectivity index (χ0n) is 8.03. The fourth-order valence-electron chi connectivity index (χ4n) is 2.08. The number of carboxylic acids is 1. The summed E-state index contributed by atoms with van der Waals surface area (Å²) in [5.74, 6) is -1.23. The van der Waals surface area contributed by atoms with Gasteiger partial charge in [0.15, 0.2) is 6.10 Å². The third-order valence-corrected chi connectivity index (χ3v) is 2.96. The van der Waals surface area contributed by atoms with Gasteiger partial charge in [-0.2, -0.15) is 0 Å². The number of rotatable bonds is 2. The maximum atomic E-state index is 10.7. The number of benzene rings is 1. The number of fused-ring (bicyclic) bond motifs is 1. The summed E-state index contributed by atoms with van der Waals surface area (Å²) < 4.78 is 0. The normalized spacial score (nSPS) is 16.1. The number of aliphatic carboxylic acids is 1. The lowest BCUT2D eigenvalue weighted by Gasteiger charge is -2.12. The Morgan fingerprint density at radius 3 is 2.80 bits per heavy atom. The summed E-state index contributed by atoms with van der Waals surface area (Å²) in [6.45, 7) is 0. The quantitative estimate of drug-likeness (QED) is 0.811. The van der Waals surface area contributed by atoms with Gasteiger partial charge in [0.25, 0.3) is 0 Å². The van der Waals surface area contributed by atoms with E-state index in [2.05, 4.69) is 0 Å². The first-order valence-electron chi connectivity index (χ1n) is 4.81. The molecule has 0 amide bonds. The van der Waals surface area contributed by atoms with Crippen LogP contribution in [0.4, 0.5) is 0 Å². The molecule has 1 aromatic carbocycles. The van der Waals surface area contributed by atoms with Crippen LogP contribution in [0.25, 0.3) is 0 Å². The highest BCUT2D eigenvalue weighted by Crippen LogP contribution is 2.32. The minimum absolute atomic E-state index is 0.447. The van der Waals surface area contributed by atoms with Gasteiger partial charge in [-0.1, -0.05) is 11.6 Å². The van der Waals surface area contributed by atoms with Crippen LogP contribution in [0, 0.1) is 0 Å². The highest BCUT2D eigenvalue weighted by molar-refractivity contribution is 6.30. The van der Waals surface area contributed by atoms with E-state index in [4.69, 9.17) is 16.7 Å². The molecule has 0 saturated carbocycles. The standard InChI is InChI=1S/C11H11ClO3/c12-7-4-6-2-1-3-8(6)9(5-7)10(13)11(14)15/h4-5,10,13H,1-3H2,(H,14,15). The molecule has 1 atom stereocenters. The third-order valence-electron chi connectivity index (χ3n) is 2.74. The molecule has 1 unspecified atom stereocenters. The van der Waals surface area contributed by atoms with Gasteiger partial charge in [-0.05, 0) is 48.1 Å². The van der Waals surface area contributed by atoms with Crippen molar-refractivity contribution in [2.45, 2.75) is 25.4 Å². The average molecular weight is 227 g/mol. The van der Waals surface area contributed by atoms with Crippen LogP contribution in [-0.4, -0.2) is 16.2 Å². The van der Waals surface area contributed by atoms with E-state index in [9.17, 15) is 9.90 Å². The van der Waals surface area contributed by atoms with Crippen molar-refractivity contribution in [3.8, 4) is 0 Å². The minimum atomic E-state index is -1.46. The molecule has 1 aromatic rings. The predicted octanol–water partition coefficient (Wildman–Crippen LogP) is 1.95. The van der Waals surface area contributed by atoms with Crippen molar-refractivity contribution >= 4 is 17.6 Å². The minimum Gasteiger partial charge on any atom is -0.479 e. The van der Waals surface area contributed by atoms with E-state index in [1.807, 2.05) is 6.07 Å². The second-order valence-corrected chi connectivity index (χ2v) is 4.16. The summed E-state index contributed by atoms with van der Waals surface area (Å²) in [6, 6.07) is 3.40. The van der Waals surface area contributed by atoms with Gasteiger partial charge in [0.1, 0.15) is 0 Å². The van der Waals surface area contributed by atoms with Crippen LogP contribution in [-0.2, 0) is 17.6 Å². The Labute approximate surface area is 92.3 Å². The van der Waals surface area contributed by atoms with E-state index in [0.717, 1.165) is 30.4 Å². The van der Waals surface area contributed by atoms with Gasteiger partial charge in [0.2, 0.25) is 0 Å². The van der Waals surface area contributed by atoms with Crippen LogP contribution in [0.15, 0.2) is 12.1 Å². The summed E-state index contributed by atoms with van der Waals surface area (Å²) in [5.41, 5.74) is 2.47. The summed E-state index contributed by atoms with van der Waals surface area (Å²) in [7, 11) is 0. The number of carboxylic acid groups (broad SMARTS) is 1. The highest BCUT2D eigenvalue weighted by atomic mass is 35.5. The van der Waals surface area contributed by atoms with E-state index in [1.54, 1.807) is 6.07 Å². The Balaban J connectivity index is 2.51. The summed E-state index contributed by atoms with van der Waals surface area (Å²) in [6.07, 6.45) is 1.27. The van der Waals surface area contributed by atoms with Crippen molar-refractivity contribution in [3.05, 3.63) is 33.8 Å². The molecule has 1 aliphatic carbocycles. The Morgan fingerprint density at radius 1 is 1.40 bits per heavy atom. The van der Waals surface area contributed by atoms with E-state index >= 15 is 0 Å². The molecule has 2 N–H and O–H groups in total. The number of aryl methyl sites for hydroxylation is 1. The first-order valence-corrected chi connectivity index (χ1v) is 5.19. The van der Waals surface area contributed by atoms with Gasteiger partial charge >= 0.3 is 5.97 Å². The second kappa shape index (κ2) is 3.83. The van der Waals surface area contributed by atoms with Crippen molar-refractivity contribution in [2.75, 3.05) is 0 Å². The van der Waals surface area contributed by atoms with Crippen LogP contribution in [0.2, 0.25) is 5.02 Å². The molecule has 0 aliphatic heterocycles. The summed E-state index contributed by atoms with van der Waals surface area (Å²) in [5, 5.41) is 18.8. The molecule has 0 bridgehead atoms. The molecule has 0 spiro atoms. The third kappa shape index (κ3) is 1.85. The molecule has 0 saturated heterocycles. The molecular weight excluding hydrogens is 216 g/mol. The van der Waals surface area contributed by atoms with E-state index in [-0.39, 0.29) is 0 Å². The Bertz CT molecular complexity index is 415. The fraction of sp³-hybridized carbons (Fsp3) is 0.364. The highest BCUT2D eigenvalue weighted by Gasteiger charge is 2.24. The molecule has 0 heterocycles. The maximum absolute atomic E-state index is 10.7. The first kappa shape index (κ1) is 10.5. The molecule has 80 valence electrons. The van der Waals surface area contributed by atoms with Crippen molar-refractivity contribution in [1.82, 2.24) is 0 Å². The Kier molecular flexibility index (Phi) is 2.67. The van der Waals surface area contributed by atoms with Crippen molar-refractivity contribution < 1.29 is 15.0 Å². The fourth-order valence-corrected chi connectivity index (χ4v) is 2.33. The van der Waals surface area contributed by atoms with Gasteiger partial charge in [-0.3, -0.25) is 0 Å². The van der Waals surface area contributed by atoms with E-state index < -0.39 is 12.1 Å². The molecule has 0 radical (unpaired) electrons. The van der Waals surface area contributed by atoms with Crippen LogP contribution >= 0.6 is 11.6 Å². The van der Waals surface area contributed by atoms with Gasteiger partial charge in [-0.15, -0.1) is 0 Å². The topological polar surface area (TPSA) is 57.5 Å².